The van der Waals surface area contributed by atoms with Crippen LogP contribution in [0.3, 0.4) is 0 Å². The maximum absolute atomic E-state index is 6.16. The lowest BCUT2D eigenvalue weighted by Crippen LogP contribution is -2.09. The molecule has 7 aromatic rings. The highest BCUT2D eigenvalue weighted by atomic mass is 16.4. The van der Waals surface area contributed by atoms with Crippen LogP contribution in [0.15, 0.2) is 136 Å². The van der Waals surface area contributed by atoms with E-state index in [1.807, 2.05) is 97.1 Å². The molecule has 5 nitrogen and oxygen atoms in total. The zero-order chi connectivity index (χ0) is 24.6. The van der Waals surface area contributed by atoms with Gasteiger partial charge < -0.3 is 13.7 Å². The van der Waals surface area contributed by atoms with Gasteiger partial charge in [-0.25, -0.2) is 9.97 Å². The summed E-state index contributed by atoms with van der Waals surface area (Å²) in [5.74, 6) is 1.22. The third-order valence-corrected chi connectivity index (χ3v) is 6.33. The van der Waals surface area contributed by atoms with Crippen molar-refractivity contribution in [2.75, 3.05) is 4.90 Å². The lowest BCUT2D eigenvalue weighted by molar-refractivity contribution is 0.619. The van der Waals surface area contributed by atoms with Gasteiger partial charge in [-0.1, -0.05) is 48.5 Å². The summed E-state index contributed by atoms with van der Waals surface area (Å²) in [6, 6.07) is 42.4. The molecule has 37 heavy (non-hydrogen) atoms. The van der Waals surface area contributed by atoms with E-state index in [-0.39, 0.29) is 0 Å². The van der Waals surface area contributed by atoms with E-state index in [0.29, 0.717) is 11.8 Å². The number of nitrogens with zero attached hydrogens (tertiary/aromatic N) is 3. The van der Waals surface area contributed by atoms with Crippen LogP contribution in [0.2, 0.25) is 0 Å². The lowest BCUT2D eigenvalue weighted by atomic mass is 10.1. The first-order valence-electron chi connectivity index (χ1n) is 12.1. The minimum Gasteiger partial charge on any atom is -0.436 e. The quantitative estimate of drug-likeness (QED) is 0.247. The summed E-state index contributed by atoms with van der Waals surface area (Å²) in [5.41, 5.74) is 8.09. The fourth-order valence-electron chi connectivity index (χ4n) is 4.53. The Morgan fingerprint density at radius 3 is 1.70 bits per heavy atom. The maximum atomic E-state index is 6.16. The number of benzene rings is 5. The van der Waals surface area contributed by atoms with Gasteiger partial charge in [0.05, 0.1) is 0 Å². The Bertz CT molecular complexity index is 1790. The topological polar surface area (TPSA) is 55.3 Å². The molecule has 7 rings (SSSR count). The molecule has 176 valence electrons. The molecule has 0 unspecified atom stereocenters. The molecule has 0 aliphatic rings. The number of rotatable bonds is 5. The Morgan fingerprint density at radius 2 is 0.973 bits per heavy atom. The molecule has 2 aromatic heterocycles. The van der Waals surface area contributed by atoms with Crippen LogP contribution in [0.5, 0.6) is 0 Å². The highest BCUT2D eigenvalue weighted by Crippen LogP contribution is 2.37. The molecule has 0 aliphatic heterocycles. The van der Waals surface area contributed by atoms with Crippen molar-refractivity contribution >= 4 is 39.3 Å². The average molecular weight is 480 g/mol. The van der Waals surface area contributed by atoms with E-state index in [4.69, 9.17) is 8.83 Å². The molecule has 0 radical (unpaired) electrons. The Hall–Kier alpha value is -5.16. The van der Waals surface area contributed by atoms with Crippen molar-refractivity contribution in [2.24, 2.45) is 0 Å². The Labute approximate surface area is 213 Å². The van der Waals surface area contributed by atoms with Crippen LogP contribution in [-0.4, -0.2) is 9.97 Å². The lowest BCUT2D eigenvalue weighted by Gasteiger charge is -2.25. The van der Waals surface area contributed by atoms with E-state index in [1.54, 1.807) is 0 Å². The van der Waals surface area contributed by atoms with Crippen molar-refractivity contribution in [2.45, 2.75) is 0 Å². The van der Waals surface area contributed by atoms with Crippen molar-refractivity contribution in [3.05, 3.63) is 127 Å². The number of fused-ring (bicyclic) bond motifs is 2. The Morgan fingerprint density at radius 1 is 0.432 bits per heavy atom. The summed E-state index contributed by atoms with van der Waals surface area (Å²) in [5, 5.41) is 0. The molecule has 0 N–H and O–H groups in total. The maximum Gasteiger partial charge on any atom is 0.227 e. The number of aromatic nitrogens is 2. The first-order valence-corrected chi connectivity index (χ1v) is 12.1. The van der Waals surface area contributed by atoms with Gasteiger partial charge in [0.15, 0.2) is 11.2 Å². The van der Waals surface area contributed by atoms with Crippen molar-refractivity contribution in [1.82, 2.24) is 9.97 Å². The third-order valence-electron chi connectivity index (χ3n) is 6.33. The highest BCUT2D eigenvalue weighted by Gasteiger charge is 2.16. The van der Waals surface area contributed by atoms with Gasteiger partial charge in [-0.2, -0.15) is 0 Å². The number of para-hydroxylation sites is 3. The molecule has 0 atom stereocenters. The fourth-order valence-corrected chi connectivity index (χ4v) is 4.53. The Balaban J connectivity index is 1.29. The van der Waals surface area contributed by atoms with Gasteiger partial charge in [0.1, 0.15) is 11.0 Å². The first-order chi connectivity index (χ1) is 18.3. The van der Waals surface area contributed by atoms with E-state index in [1.165, 1.54) is 0 Å². The second-order valence-electron chi connectivity index (χ2n) is 8.74. The summed E-state index contributed by atoms with van der Waals surface area (Å²) in [6.45, 7) is 0. The van der Waals surface area contributed by atoms with Crippen LogP contribution in [0.4, 0.5) is 17.1 Å². The molecule has 0 aliphatic carbocycles. The molecule has 0 fully saturated rings. The molecule has 5 heteroatoms. The molecular weight excluding hydrogens is 458 g/mol. The smallest absolute Gasteiger partial charge is 0.227 e. The minimum absolute atomic E-state index is 0.607. The van der Waals surface area contributed by atoms with Crippen LogP contribution < -0.4 is 4.90 Å². The van der Waals surface area contributed by atoms with Gasteiger partial charge in [0.2, 0.25) is 11.8 Å². The molecule has 0 spiro atoms. The highest BCUT2D eigenvalue weighted by molar-refractivity contribution is 5.86. The van der Waals surface area contributed by atoms with Gasteiger partial charge in [-0.15, -0.1) is 0 Å². The van der Waals surface area contributed by atoms with E-state index < -0.39 is 0 Å². The van der Waals surface area contributed by atoms with Crippen LogP contribution in [0.25, 0.3) is 45.1 Å². The summed E-state index contributed by atoms with van der Waals surface area (Å²) < 4.78 is 12.1. The number of anilines is 3. The second-order valence-corrected chi connectivity index (χ2v) is 8.74. The molecule has 0 bridgehead atoms. The molecular formula is C32H21N3O2. The predicted molar refractivity (Wildman–Crippen MR) is 147 cm³/mol. The number of hydrogen-bond donors (Lipinski definition) is 0. The van der Waals surface area contributed by atoms with Crippen molar-refractivity contribution in [1.29, 1.82) is 0 Å². The standard InChI is InChI=1S/C32H21N3O2/c1-3-9-22(10-4-1)31-34-28-20-19-26(21-30(28)37-31)35(24-11-5-2-6-12-24)25-17-15-23(16-18-25)32-33-27-13-7-8-14-29(27)36-32/h1-21H. The third kappa shape index (κ3) is 3.93. The van der Waals surface area contributed by atoms with Crippen molar-refractivity contribution in [3.8, 4) is 22.9 Å². The van der Waals surface area contributed by atoms with Gasteiger partial charge in [-0.3, -0.25) is 0 Å². The summed E-state index contributed by atoms with van der Waals surface area (Å²) in [4.78, 5) is 11.5. The summed E-state index contributed by atoms with van der Waals surface area (Å²) in [7, 11) is 0. The monoisotopic (exact) mass is 479 g/mol. The van der Waals surface area contributed by atoms with Crippen LogP contribution in [0, 0.1) is 0 Å². The van der Waals surface area contributed by atoms with Crippen LogP contribution in [-0.2, 0) is 0 Å². The van der Waals surface area contributed by atoms with Gasteiger partial charge >= 0.3 is 0 Å². The second kappa shape index (κ2) is 8.81. The number of hydrogen-bond acceptors (Lipinski definition) is 5. The van der Waals surface area contributed by atoms with Gasteiger partial charge in [0.25, 0.3) is 0 Å². The van der Waals surface area contributed by atoms with Gasteiger partial charge in [0, 0.05) is 34.3 Å². The molecule has 0 saturated carbocycles. The zero-order valence-electron chi connectivity index (χ0n) is 19.8. The van der Waals surface area contributed by atoms with Crippen molar-refractivity contribution in [3.63, 3.8) is 0 Å². The average Bonchev–Trinajstić information content (AvgIpc) is 3.59. The predicted octanol–water partition coefficient (Wildman–Crippen LogP) is 8.77. The van der Waals surface area contributed by atoms with E-state index in [0.717, 1.165) is 50.4 Å². The summed E-state index contributed by atoms with van der Waals surface area (Å²) >= 11 is 0. The van der Waals surface area contributed by atoms with Crippen LogP contribution in [0.1, 0.15) is 0 Å². The van der Waals surface area contributed by atoms with E-state index in [2.05, 4.69) is 45.2 Å². The van der Waals surface area contributed by atoms with E-state index >= 15 is 0 Å². The fraction of sp³-hybridized carbons (Fsp3) is 0. The molecule has 0 amide bonds. The zero-order valence-corrected chi connectivity index (χ0v) is 19.8. The van der Waals surface area contributed by atoms with Crippen molar-refractivity contribution < 1.29 is 8.83 Å². The SMILES string of the molecule is c1ccc(-c2nc3ccc(N(c4ccccc4)c4ccc(-c5nc6ccccc6o5)cc4)cc3o2)cc1. The Kier molecular flexibility index (Phi) is 5.03. The number of oxazole rings is 2. The van der Waals surface area contributed by atoms with E-state index in [9.17, 15) is 0 Å². The first kappa shape index (κ1) is 21.1. The summed E-state index contributed by atoms with van der Waals surface area (Å²) in [6.07, 6.45) is 0. The normalized spacial score (nSPS) is 11.2. The molecule has 5 aromatic carbocycles. The van der Waals surface area contributed by atoms with Crippen LogP contribution >= 0.6 is 0 Å². The molecule has 0 saturated heterocycles. The molecule has 2 heterocycles. The minimum atomic E-state index is 0.607. The van der Waals surface area contributed by atoms with Gasteiger partial charge in [-0.05, 0) is 72.8 Å². The largest absolute Gasteiger partial charge is 0.436 e.